The number of nitrogens with one attached hydrogen (secondary N) is 1. The summed E-state index contributed by atoms with van der Waals surface area (Å²) in [6, 6.07) is 7.22. The summed E-state index contributed by atoms with van der Waals surface area (Å²) in [7, 11) is -3.06. The average molecular weight is 211 g/mol. The van der Waals surface area contributed by atoms with Crippen LogP contribution in [-0.2, 0) is 9.84 Å². The molecule has 0 aliphatic carbocycles. The summed E-state index contributed by atoms with van der Waals surface area (Å²) in [5.74, 6) is 0.483. The highest BCUT2D eigenvalue weighted by Gasteiger charge is 2.19. The standard InChI is InChI=1S/C10H13NO2S/c1-14(12,13)10-4-2-3-8(5-10)9-6-11-7-9/h2-5,9,11H,6-7H2,1H3. The Balaban J connectivity index is 2.36. The highest BCUT2D eigenvalue weighted by atomic mass is 32.2. The molecule has 1 fully saturated rings. The number of sulfone groups is 1. The fraction of sp³-hybridized carbons (Fsp3) is 0.400. The molecular weight excluding hydrogens is 198 g/mol. The maximum absolute atomic E-state index is 11.3. The Morgan fingerprint density at radius 1 is 1.36 bits per heavy atom. The lowest BCUT2D eigenvalue weighted by molar-refractivity contribution is 0.448. The molecule has 1 aliphatic heterocycles. The van der Waals surface area contributed by atoms with Gasteiger partial charge in [-0.05, 0) is 17.7 Å². The van der Waals surface area contributed by atoms with Crippen LogP contribution in [0.15, 0.2) is 29.2 Å². The van der Waals surface area contributed by atoms with Crippen LogP contribution >= 0.6 is 0 Å². The van der Waals surface area contributed by atoms with E-state index in [0.29, 0.717) is 10.8 Å². The molecule has 2 rings (SSSR count). The minimum atomic E-state index is -3.06. The Hall–Kier alpha value is -0.870. The molecule has 0 radical (unpaired) electrons. The molecule has 1 saturated heterocycles. The van der Waals surface area contributed by atoms with Gasteiger partial charge in [0.25, 0.3) is 0 Å². The lowest BCUT2D eigenvalue weighted by Gasteiger charge is -2.27. The van der Waals surface area contributed by atoms with Gasteiger partial charge in [0.05, 0.1) is 4.90 Å². The average Bonchev–Trinajstić information content (AvgIpc) is 2.00. The van der Waals surface area contributed by atoms with Crippen molar-refractivity contribution in [3.8, 4) is 0 Å². The zero-order valence-corrected chi connectivity index (χ0v) is 8.84. The van der Waals surface area contributed by atoms with E-state index in [1.165, 1.54) is 6.26 Å². The third kappa shape index (κ3) is 1.81. The van der Waals surface area contributed by atoms with Crippen molar-refractivity contribution < 1.29 is 8.42 Å². The minimum absolute atomic E-state index is 0.418. The van der Waals surface area contributed by atoms with Gasteiger partial charge in [-0.15, -0.1) is 0 Å². The molecule has 1 aromatic carbocycles. The Bertz CT molecular complexity index is 435. The smallest absolute Gasteiger partial charge is 0.175 e. The van der Waals surface area contributed by atoms with Gasteiger partial charge in [0.15, 0.2) is 9.84 Å². The second kappa shape index (κ2) is 3.37. The summed E-state index contributed by atoms with van der Waals surface area (Å²) in [6.07, 6.45) is 1.24. The SMILES string of the molecule is CS(=O)(=O)c1cccc(C2CNC2)c1. The predicted octanol–water partition coefficient (Wildman–Crippen LogP) is 0.777. The van der Waals surface area contributed by atoms with Gasteiger partial charge in [0, 0.05) is 25.3 Å². The van der Waals surface area contributed by atoms with Crippen LogP contribution in [0, 0.1) is 0 Å². The lowest BCUT2D eigenvalue weighted by Crippen LogP contribution is -2.39. The molecule has 0 bridgehead atoms. The van der Waals surface area contributed by atoms with Gasteiger partial charge >= 0.3 is 0 Å². The first-order valence-corrected chi connectivity index (χ1v) is 6.47. The van der Waals surface area contributed by atoms with Crippen molar-refractivity contribution in [2.45, 2.75) is 10.8 Å². The summed E-state index contributed by atoms with van der Waals surface area (Å²) in [5, 5.41) is 3.17. The molecule has 0 aromatic heterocycles. The summed E-state index contributed by atoms with van der Waals surface area (Å²) in [5.41, 5.74) is 1.12. The maximum atomic E-state index is 11.3. The van der Waals surface area contributed by atoms with Crippen molar-refractivity contribution in [1.29, 1.82) is 0 Å². The molecule has 1 heterocycles. The quantitative estimate of drug-likeness (QED) is 0.786. The molecule has 0 atom stereocenters. The van der Waals surface area contributed by atoms with Crippen LogP contribution in [0.1, 0.15) is 11.5 Å². The van der Waals surface area contributed by atoms with Crippen molar-refractivity contribution in [1.82, 2.24) is 5.32 Å². The van der Waals surface area contributed by atoms with E-state index in [4.69, 9.17) is 0 Å². The first kappa shape index (κ1) is 9.68. The van der Waals surface area contributed by atoms with E-state index < -0.39 is 9.84 Å². The van der Waals surface area contributed by atoms with Crippen LogP contribution in [0.5, 0.6) is 0 Å². The maximum Gasteiger partial charge on any atom is 0.175 e. The molecule has 4 heteroatoms. The van der Waals surface area contributed by atoms with Gasteiger partial charge in [-0.3, -0.25) is 0 Å². The van der Waals surface area contributed by atoms with Crippen LogP contribution < -0.4 is 5.32 Å². The molecule has 0 amide bonds. The zero-order chi connectivity index (χ0) is 10.2. The van der Waals surface area contributed by atoms with E-state index in [0.717, 1.165) is 18.7 Å². The molecule has 1 aromatic rings. The minimum Gasteiger partial charge on any atom is -0.315 e. The van der Waals surface area contributed by atoms with Crippen LogP contribution in [-0.4, -0.2) is 27.8 Å². The molecule has 0 spiro atoms. The fourth-order valence-corrected chi connectivity index (χ4v) is 2.20. The summed E-state index contributed by atoms with van der Waals surface area (Å²) in [4.78, 5) is 0.418. The molecule has 3 nitrogen and oxygen atoms in total. The van der Waals surface area contributed by atoms with Crippen molar-refractivity contribution in [3.05, 3.63) is 29.8 Å². The van der Waals surface area contributed by atoms with E-state index in [1.54, 1.807) is 12.1 Å². The van der Waals surface area contributed by atoms with Gasteiger partial charge in [0.2, 0.25) is 0 Å². The first-order chi connectivity index (χ1) is 6.57. The number of rotatable bonds is 2. The van der Waals surface area contributed by atoms with Crippen LogP contribution in [0.4, 0.5) is 0 Å². The second-order valence-electron chi connectivity index (χ2n) is 3.70. The van der Waals surface area contributed by atoms with Crippen LogP contribution in [0.3, 0.4) is 0 Å². The van der Waals surface area contributed by atoms with E-state index in [2.05, 4.69) is 5.32 Å². The topological polar surface area (TPSA) is 46.2 Å². The van der Waals surface area contributed by atoms with Gasteiger partial charge < -0.3 is 5.32 Å². The van der Waals surface area contributed by atoms with E-state index in [9.17, 15) is 8.42 Å². The zero-order valence-electron chi connectivity index (χ0n) is 8.03. The van der Waals surface area contributed by atoms with Crippen LogP contribution in [0.2, 0.25) is 0 Å². The molecular formula is C10H13NO2S. The Labute approximate surface area is 84.1 Å². The Morgan fingerprint density at radius 2 is 2.07 bits per heavy atom. The fourth-order valence-electron chi connectivity index (χ4n) is 1.52. The van der Waals surface area contributed by atoms with Crippen LogP contribution in [0.25, 0.3) is 0 Å². The normalized spacial score (nSPS) is 17.8. The number of benzene rings is 1. The molecule has 76 valence electrons. The highest BCUT2D eigenvalue weighted by molar-refractivity contribution is 7.90. The van der Waals surface area contributed by atoms with E-state index >= 15 is 0 Å². The molecule has 14 heavy (non-hydrogen) atoms. The van der Waals surface area contributed by atoms with Crippen molar-refractivity contribution in [2.75, 3.05) is 19.3 Å². The molecule has 1 aliphatic rings. The van der Waals surface area contributed by atoms with Crippen molar-refractivity contribution in [2.24, 2.45) is 0 Å². The predicted molar refractivity (Wildman–Crippen MR) is 55.2 cm³/mol. The monoisotopic (exact) mass is 211 g/mol. The van der Waals surface area contributed by atoms with Gasteiger partial charge in [-0.25, -0.2) is 8.42 Å². The van der Waals surface area contributed by atoms with Gasteiger partial charge in [0.1, 0.15) is 0 Å². The third-order valence-electron chi connectivity index (χ3n) is 2.54. The van der Waals surface area contributed by atoms with E-state index in [1.807, 2.05) is 12.1 Å². The Kier molecular flexibility index (Phi) is 2.33. The molecule has 1 N–H and O–H groups in total. The second-order valence-corrected chi connectivity index (χ2v) is 5.72. The van der Waals surface area contributed by atoms with Crippen molar-refractivity contribution in [3.63, 3.8) is 0 Å². The third-order valence-corrected chi connectivity index (χ3v) is 3.65. The lowest BCUT2D eigenvalue weighted by atomic mass is 9.94. The summed E-state index contributed by atoms with van der Waals surface area (Å²) < 4.78 is 22.6. The highest BCUT2D eigenvalue weighted by Crippen LogP contribution is 2.22. The first-order valence-electron chi connectivity index (χ1n) is 4.58. The summed E-state index contributed by atoms with van der Waals surface area (Å²) >= 11 is 0. The van der Waals surface area contributed by atoms with E-state index in [-0.39, 0.29) is 0 Å². The van der Waals surface area contributed by atoms with Gasteiger partial charge in [-0.2, -0.15) is 0 Å². The number of hydrogen-bond donors (Lipinski definition) is 1. The molecule has 0 unspecified atom stereocenters. The van der Waals surface area contributed by atoms with Gasteiger partial charge in [-0.1, -0.05) is 12.1 Å². The van der Waals surface area contributed by atoms with Crippen molar-refractivity contribution >= 4 is 9.84 Å². The Morgan fingerprint density at radius 3 is 2.57 bits per heavy atom. The molecule has 0 saturated carbocycles. The summed E-state index contributed by atoms with van der Waals surface area (Å²) in [6.45, 7) is 1.90. The largest absolute Gasteiger partial charge is 0.315 e. The number of hydrogen-bond acceptors (Lipinski definition) is 3.